The number of anilines is 1. The Morgan fingerprint density at radius 2 is 1.64 bits per heavy atom. The zero-order chi connectivity index (χ0) is 28.6. The second-order valence-corrected chi connectivity index (χ2v) is 11.3. The van der Waals surface area contributed by atoms with Crippen molar-refractivity contribution in [3.8, 4) is 5.75 Å². The number of hydrogen-bond acceptors (Lipinski definition) is 5. The van der Waals surface area contributed by atoms with E-state index >= 15 is 0 Å². The predicted octanol–water partition coefficient (Wildman–Crippen LogP) is 4.80. The van der Waals surface area contributed by atoms with E-state index in [1.165, 1.54) is 24.1 Å². The normalized spacial score (nSPS) is 11.9. The van der Waals surface area contributed by atoms with Gasteiger partial charge in [0.25, 0.3) is 10.0 Å². The second kappa shape index (κ2) is 13.5. The number of benzene rings is 3. The summed E-state index contributed by atoms with van der Waals surface area (Å²) in [7, 11) is -2.76. The molecule has 0 saturated carbocycles. The van der Waals surface area contributed by atoms with Crippen molar-refractivity contribution in [3.63, 3.8) is 0 Å². The summed E-state index contributed by atoms with van der Waals surface area (Å²) in [6.45, 7) is 5.30. The molecular weight excluding hydrogens is 538 g/mol. The van der Waals surface area contributed by atoms with Crippen molar-refractivity contribution < 1.29 is 22.7 Å². The van der Waals surface area contributed by atoms with Crippen molar-refractivity contribution >= 4 is 39.1 Å². The molecule has 0 unspecified atom stereocenters. The predicted molar refractivity (Wildman–Crippen MR) is 153 cm³/mol. The number of ether oxygens (including phenoxy) is 1. The maximum absolute atomic E-state index is 13.9. The van der Waals surface area contributed by atoms with Gasteiger partial charge in [0, 0.05) is 18.1 Å². The molecule has 0 spiro atoms. The van der Waals surface area contributed by atoms with Crippen LogP contribution in [0.2, 0.25) is 5.02 Å². The molecule has 1 N–H and O–H groups in total. The highest BCUT2D eigenvalue weighted by Crippen LogP contribution is 2.32. The van der Waals surface area contributed by atoms with Crippen molar-refractivity contribution in [1.29, 1.82) is 0 Å². The molecule has 0 aliphatic carbocycles. The van der Waals surface area contributed by atoms with Crippen LogP contribution in [0.1, 0.15) is 31.4 Å². The van der Waals surface area contributed by atoms with E-state index in [1.807, 2.05) is 13.8 Å². The van der Waals surface area contributed by atoms with E-state index in [0.717, 1.165) is 16.3 Å². The number of hydrogen-bond donors (Lipinski definition) is 1. The molecule has 3 aromatic rings. The number of carbonyl (C=O) groups excluding carboxylic acids is 2. The van der Waals surface area contributed by atoms with E-state index in [0.29, 0.717) is 17.1 Å². The van der Waals surface area contributed by atoms with Crippen LogP contribution < -0.4 is 14.4 Å². The number of amides is 2. The standard InChI is InChI=1S/C29H34ClN3O5S/c1-5-18-31-29(35)22(3)32(19-23-10-6-7-11-25(23)30)28(34)20-33(26-12-8-9-13-27(26)38-4)39(36,37)24-16-14-21(2)15-17-24/h6-17,22H,5,18-20H2,1-4H3,(H,31,35)/t22-/m1/s1. The van der Waals surface area contributed by atoms with Crippen LogP contribution in [0.5, 0.6) is 5.75 Å². The number of aryl methyl sites for hydroxylation is 1. The van der Waals surface area contributed by atoms with E-state index in [2.05, 4.69) is 5.32 Å². The monoisotopic (exact) mass is 571 g/mol. The van der Waals surface area contributed by atoms with Crippen LogP contribution in [0.3, 0.4) is 0 Å². The molecule has 0 aromatic heterocycles. The molecule has 2 amide bonds. The Hall–Kier alpha value is -3.56. The van der Waals surface area contributed by atoms with E-state index in [-0.39, 0.29) is 28.8 Å². The van der Waals surface area contributed by atoms with Gasteiger partial charge in [0.15, 0.2) is 0 Å². The van der Waals surface area contributed by atoms with Crippen molar-refractivity contribution in [2.75, 3.05) is 24.5 Å². The van der Waals surface area contributed by atoms with Gasteiger partial charge in [0.05, 0.1) is 17.7 Å². The number of halogens is 1. The van der Waals surface area contributed by atoms with Gasteiger partial charge in [-0.05, 0) is 56.2 Å². The Balaban J connectivity index is 2.07. The highest BCUT2D eigenvalue weighted by molar-refractivity contribution is 7.92. The fourth-order valence-corrected chi connectivity index (χ4v) is 5.60. The smallest absolute Gasteiger partial charge is 0.264 e. The third kappa shape index (κ3) is 7.30. The van der Waals surface area contributed by atoms with Crippen molar-refractivity contribution in [3.05, 3.63) is 88.9 Å². The molecule has 3 aromatic carbocycles. The van der Waals surface area contributed by atoms with Crippen molar-refractivity contribution in [2.45, 2.75) is 44.7 Å². The third-order valence-corrected chi connectivity index (χ3v) is 8.40. The second-order valence-electron chi connectivity index (χ2n) is 9.08. The Labute approximate surface area is 235 Å². The lowest BCUT2D eigenvalue weighted by Crippen LogP contribution is -2.51. The summed E-state index contributed by atoms with van der Waals surface area (Å²) in [6, 6.07) is 19.1. The summed E-state index contributed by atoms with van der Waals surface area (Å²) >= 11 is 6.39. The van der Waals surface area contributed by atoms with Gasteiger partial charge in [0.1, 0.15) is 18.3 Å². The Morgan fingerprint density at radius 3 is 2.28 bits per heavy atom. The molecule has 3 rings (SSSR count). The molecule has 0 bridgehead atoms. The maximum atomic E-state index is 13.9. The lowest BCUT2D eigenvalue weighted by Gasteiger charge is -2.32. The van der Waals surface area contributed by atoms with Crippen LogP contribution in [0.25, 0.3) is 0 Å². The molecule has 10 heteroatoms. The molecule has 1 atom stereocenters. The molecule has 0 aliphatic heterocycles. The zero-order valence-corrected chi connectivity index (χ0v) is 24.1. The van der Waals surface area contributed by atoms with Gasteiger partial charge in [-0.2, -0.15) is 0 Å². The molecule has 8 nitrogen and oxygen atoms in total. The van der Waals surface area contributed by atoms with Crippen LogP contribution in [-0.2, 0) is 26.2 Å². The van der Waals surface area contributed by atoms with Crippen LogP contribution >= 0.6 is 11.6 Å². The minimum atomic E-state index is -4.19. The summed E-state index contributed by atoms with van der Waals surface area (Å²) in [5.74, 6) is -0.634. The minimum absolute atomic E-state index is 0.0174. The number of sulfonamides is 1. The average Bonchev–Trinajstić information content (AvgIpc) is 2.93. The highest BCUT2D eigenvalue weighted by Gasteiger charge is 2.33. The van der Waals surface area contributed by atoms with E-state index in [9.17, 15) is 18.0 Å². The van der Waals surface area contributed by atoms with Gasteiger partial charge in [-0.3, -0.25) is 13.9 Å². The Morgan fingerprint density at radius 1 is 1.00 bits per heavy atom. The average molecular weight is 572 g/mol. The molecule has 0 radical (unpaired) electrons. The van der Waals surface area contributed by atoms with Gasteiger partial charge < -0.3 is 15.0 Å². The molecule has 0 aliphatic rings. The number of nitrogens with one attached hydrogen (secondary N) is 1. The SMILES string of the molecule is CCCNC(=O)[C@@H](C)N(Cc1ccccc1Cl)C(=O)CN(c1ccccc1OC)S(=O)(=O)c1ccc(C)cc1. The van der Waals surface area contributed by atoms with Gasteiger partial charge in [0.2, 0.25) is 11.8 Å². The largest absolute Gasteiger partial charge is 0.495 e. The fourth-order valence-electron chi connectivity index (χ4n) is 3.98. The summed E-state index contributed by atoms with van der Waals surface area (Å²) < 4.78 is 34.3. The van der Waals surface area contributed by atoms with Gasteiger partial charge in [-0.1, -0.05) is 66.6 Å². The van der Waals surface area contributed by atoms with E-state index in [1.54, 1.807) is 67.6 Å². The first-order chi connectivity index (χ1) is 18.6. The summed E-state index contributed by atoms with van der Waals surface area (Å²) in [6.07, 6.45) is 0.729. The highest BCUT2D eigenvalue weighted by atomic mass is 35.5. The maximum Gasteiger partial charge on any atom is 0.264 e. The number of rotatable bonds is 12. The van der Waals surface area contributed by atoms with Gasteiger partial charge in [-0.25, -0.2) is 8.42 Å². The quantitative estimate of drug-likeness (QED) is 0.337. The summed E-state index contributed by atoms with van der Waals surface area (Å²) in [5, 5.41) is 3.25. The Bertz CT molecular complexity index is 1400. The van der Waals surface area contributed by atoms with E-state index < -0.39 is 28.5 Å². The third-order valence-electron chi connectivity index (χ3n) is 6.26. The number of nitrogens with zero attached hydrogens (tertiary/aromatic N) is 2. The Kier molecular flexibility index (Phi) is 10.4. The fraction of sp³-hybridized carbons (Fsp3) is 0.310. The number of methoxy groups -OCH3 is 1. The van der Waals surface area contributed by atoms with Crippen molar-refractivity contribution in [2.24, 2.45) is 0 Å². The molecule has 0 heterocycles. The van der Waals surface area contributed by atoms with Crippen LogP contribution in [-0.4, -0.2) is 51.4 Å². The van der Waals surface area contributed by atoms with E-state index in [4.69, 9.17) is 16.3 Å². The lowest BCUT2D eigenvalue weighted by molar-refractivity contribution is -0.139. The number of para-hydroxylation sites is 2. The zero-order valence-electron chi connectivity index (χ0n) is 22.6. The first kappa shape index (κ1) is 30.0. The molecule has 39 heavy (non-hydrogen) atoms. The van der Waals surface area contributed by atoms with Crippen molar-refractivity contribution in [1.82, 2.24) is 10.2 Å². The number of carbonyl (C=O) groups is 2. The minimum Gasteiger partial charge on any atom is -0.495 e. The van der Waals surface area contributed by atoms with Gasteiger partial charge in [-0.15, -0.1) is 0 Å². The molecule has 208 valence electrons. The van der Waals surface area contributed by atoms with Crippen LogP contribution in [0.4, 0.5) is 5.69 Å². The molecule has 0 fully saturated rings. The lowest BCUT2D eigenvalue weighted by atomic mass is 10.1. The molecule has 0 saturated heterocycles. The summed E-state index contributed by atoms with van der Waals surface area (Å²) in [4.78, 5) is 28.3. The topological polar surface area (TPSA) is 96.0 Å². The summed E-state index contributed by atoms with van der Waals surface area (Å²) in [5.41, 5.74) is 1.73. The van der Waals surface area contributed by atoms with Crippen LogP contribution in [0, 0.1) is 6.92 Å². The molecular formula is C29H34ClN3O5S. The van der Waals surface area contributed by atoms with Gasteiger partial charge >= 0.3 is 0 Å². The first-order valence-corrected chi connectivity index (χ1v) is 14.4. The van der Waals surface area contributed by atoms with Crippen LogP contribution in [0.15, 0.2) is 77.7 Å². The first-order valence-electron chi connectivity index (χ1n) is 12.6.